The van der Waals surface area contributed by atoms with Crippen molar-refractivity contribution < 1.29 is 62.2 Å². The molecular weight excluding hydrogens is 1820 g/mol. The number of benzene rings is 7. The first-order chi connectivity index (χ1) is 59.5. The number of alkyl halides is 1. The largest absolute Gasteiger partial charge is 0.490 e. The fraction of sp³-hybridized carbons (Fsp3) is 0.449. The van der Waals surface area contributed by atoms with E-state index < -0.39 is 0 Å². The number of aliphatic hydroxyl groups is 1. The number of rotatable bonds is 16. The number of carbonyl (C=O) groups is 8. The number of esters is 2. The van der Waals surface area contributed by atoms with Gasteiger partial charge in [-0.2, -0.15) is 15.5 Å². The Kier molecular flexibility index (Phi) is 36.7. The highest BCUT2D eigenvalue weighted by Crippen LogP contribution is 2.50. The molecule has 7 aromatic carbocycles. The summed E-state index contributed by atoms with van der Waals surface area (Å²) in [6.07, 6.45) is 18.3. The number of halogens is 4. The van der Waals surface area contributed by atoms with Crippen molar-refractivity contribution >= 4 is 111 Å². The van der Waals surface area contributed by atoms with Gasteiger partial charge in [0.15, 0.2) is 17.3 Å². The van der Waals surface area contributed by atoms with Crippen molar-refractivity contribution in [2.75, 3.05) is 51.3 Å². The van der Waals surface area contributed by atoms with Crippen LogP contribution in [-0.2, 0) is 72.0 Å². The molecule has 650 valence electrons. The number of Topliss-reactive ketones (excluding diaryl/α,β-unsaturated/α-hetero) is 3. The van der Waals surface area contributed by atoms with Crippen molar-refractivity contribution in [2.24, 2.45) is 29.4 Å². The summed E-state index contributed by atoms with van der Waals surface area (Å²) in [5.41, 5.74) is 21.2. The number of nitrogens with zero attached hydrogens (tertiary/aromatic N) is 7. The summed E-state index contributed by atoms with van der Waals surface area (Å²) in [5.74, 6) is 3.24. The number of β-amino-alcohol motifs (C(OH)–C–C–N with tert-alkyl or cyclic N) is 1. The van der Waals surface area contributed by atoms with Crippen LogP contribution in [0.2, 0.25) is 0 Å². The van der Waals surface area contributed by atoms with Crippen molar-refractivity contribution in [2.45, 2.75) is 208 Å². The van der Waals surface area contributed by atoms with Gasteiger partial charge in [0, 0.05) is 98.9 Å². The first-order valence-corrected chi connectivity index (χ1v) is 46.8. The van der Waals surface area contributed by atoms with Crippen molar-refractivity contribution in [3.63, 3.8) is 0 Å². The van der Waals surface area contributed by atoms with E-state index in [1.807, 2.05) is 104 Å². The van der Waals surface area contributed by atoms with E-state index in [9.17, 15) is 54.0 Å². The molecule has 4 heterocycles. The van der Waals surface area contributed by atoms with Gasteiger partial charge in [-0.1, -0.05) is 181 Å². The lowest BCUT2D eigenvalue weighted by molar-refractivity contribution is -0.144. The fourth-order valence-corrected chi connectivity index (χ4v) is 19.9. The molecule has 25 heteroatoms. The average Bonchev–Trinajstić information content (AvgIpc) is 1.63. The molecule has 3 fully saturated rings. The Hall–Kier alpha value is -9.34. The fourth-order valence-electron chi connectivity index (χ4n) is 18.1. The van der Waals surface area contributed by atoms with Crippen LogP contribution in [0, 0.1) is 46.3 Å². The molecule has 8 aromatic rings. The Morgan fingerprint density at radius 2 is 1.02 bits per heavy atom. The van der Waals surface area contributed by atoms with Gasteiger partial charge in [-0.05, 0) is 241 Å². The number of nitrogens with two attached hydrogens (primary N) is 1. The average molecular weight is 1930 g/mol. The molecule has 7 atom stereocenters. The standard InChI is InChI=1S/C26H26N4O4.C16H18N2O.C15H18BrNO.C14H15BrO3.C10H9BrO.C10H10O.C4H7BrO2.C3H9N/c1-15(2)33-22-9-7-17(12-18(22)14-27)26-28-25(29-34-26)21-5-3-4-20-19(21)8-6-16-13-23(32)30(10-11-31)24(16)20;1-2-8-18-15(19)9-11-6-7-13-12(10-17)4-3-5-14(13)16(11)18;1-2-8-17-14(18)9-10-6-7-11-12(15(10)17)4-3-5-13(11)16;1-2-18-13(16)8-9-6-7-10-11(14(9)17)4-3-5-12(10)15;11-9-5-1-4-8-7(9)3-2-6-10(8)12;11-10-7-3-5-8-4-1-2-6-9(8)10;1-2-7-4(6)3-5;1-2-3-4/h3-5,7,9,12,15-16,24,31H,6,8,10-11,13H2,1-2H3;3-5,11,16H,2,6-9H2,1H3;3-5,10,15H,2,6-9H2,1H3;3-5,9H,2,6-8H2,1H3;1,4-5H,2-3,6H2;1-2,4,6H,3,5,7H2;2-3H2,1H3;2-4H2,1H3. The van der Waals surface area contributed by atoms with Gasteiger partial charge in [0.05, 0.1) is 67.7 Å². The number of likely N-dealkylation sites (tertiary alicyclic amines) is 3. The van der Waals surface area contributed by atoms with E-state index in [0.717, 1.165) is 176 Å². The zero-order chi connectivity index (χ0) is 88.4. The number of aryl methyl sites for hydroxylation is 1. The molecule has 0 bridgehead atoms. The van der Waals surface area contributed by atoms with E-state index in [-0.39, 0.29) is 78.4 Å². The minimum absolute atomic E-state index is 0.0265. The summed E-state index contributed by atoms with van der Waals surface area (Å²) >= 11 is 13.5. The quantitative estimate of drug-likeness (QED) is 0.0670. The van der Waals surface area contributed by atoms with Crippen molar-refractivity contribution in [1.29, 1.82) is 10.5 Å². The van der Waals surface area contributed by atoms with E-state index in [4.69, 9.17) is 19.7 Å². The minimum atomic E-state index is -0.283. The third kappa shape index (κ3) is 24.0. The maximum Gasteiger partial charge on any atom is 0.316 e. The molecule has 0 saturated carbocycles. The van der Waals surface area contributed by atoms with Crippen LogP contribution in [0.25, 0.3) is 22.8 Å². The smallest absolute Gasteiger partial charge is 0.316 e. The van der Waals surface area contributed by atoms with Gasteiger partial charge < -0.3 is 44.3 Å². The number of hydrogen-bond acceptors (Lipinski definition) is 18. The Morgan fingerprint density at radius 1 is 0.537 bits per heavy atom. The number of aliphatic hydroxyl groups excluding tert-OH is 1. The summed E-state index contributed by atoms with van der Waals surface area (Å²) < 4.78 is 23.9. The lowest BCUT2D eigenvalue weighted by Gasteiger charge is -2.34. The Bertz CT molecular complexity index is 5150. The van der Waals surface area contributed by atoms with Crippen molar-refractivity contribution in [3.8, 4) is 40.7 Å². The lowest BCUT2D eigenvalue weighted by atomic mass is 9.78. The molecule has 123 heavy (non-hydrogen) atoms. The number of nitriles is 2. The van der Waals surface area contributed by atoms with Crippen molar-refractivity contribution in [1.82, 2.24) is 24.8 Å². The van der Waals surface area contributed by atoms with Gasteiger partial charge >= 0.3 is 11.9 Å². The molecule has 0 radical (unpaired) electrons. The SMILES string of the molecule is CC(C)Oc1ccc(-c2nc(-c3cccc4c3CCC3CC(=O)N(CCO)C43)no2)cc1C#N.CCCN.CCCN1C(=O)CC2CCc3c(Br)cccc3C21.CCCN1C(=O)CC2CCc3c(C#N)cccc3C21.CCOC(=O)CBr.CCOC(=O)CC1CCc2c(Br)cccc2C1=O.O=C1CCCc2c(Br)cccc21.O=C1CCCc2ccccc21. The number of aromatic nitrogens is 2. The minimum Gasteiger partial charge on any atom is -0.490 e. The molecule has 1 aromatic heterocycles. The number of ether oxygens (including phenoxy) is 3. The Morgan fingerprint density at radius 3 is 1.56 bits per heavy atom. The predicted octanol–water partition coefficient (Wildman–Crippen LogP) is 20.0. The first-order valence-electron chi connectivity index (χ1n) is 43.3. The van der Waals surface area contributed by atoms with Crippen LogP contribution in [0.5, 0.6) is 5.75 Å². The highest BCUT2D eigenvalue weighted by molar-refractivity contribution is 9.11. The number of carbonyl (C=O) groups excluding carboxylic acids is 8. The summed E-state index contributed by atoms with van der Waals surface area (Å²) in [7, 11) is 0. The highest BCUT2D eigenvalue weighted by Gasteiger charge is 2.46. The van der Waals surface area contributed by atoms with Crippen molar-refractivity contribution in [3.05, 3.63) is 225 Å². The molecule has 17 rings (SSSR count). The molecule has 7 unspecified atom stereocenters. The van der Waals surface area contributed by atoms with Gasteiger partial charge in [-0.25, -0.2) is 0 Å². The van der Waals surface area contributed by atoms with Gasteiger partial charge in [-0.15, -0.1) is 0 Å². The van der Waals surface area contributed by atoms with Gasteiger partial charge in [-0.3, -0.25) is 38.4 Å². The molecule has 3 N–H and O–H groups in total. The van der Waals surface area contributed by atoms with Crippen LogP contribution < -0.4 is 10.5 Å². The Labute approximate surface area is 756 Å². The van der Waals surface area contributed by atoms with E-state index >= 15 is 0 Å². The Balaban J connectivity index is 0.000000156. The van der Waals surface area contributed by atoms with E-state index in [2.05, 4.69) is 147 Å². The summed E-state index contributed by atoms with van der Waals surface area (Å²) in [5, 5.41) is 32.7. The van der Waals surface area contributed by atoms with Crippen LogP contribution in [0.4, 0.5) is 0 Å². The van der Waals surface area contributed by atoms with E-state index in [0.29, 0.717) is 109 Å². The second-order valence-corrected chi connectivity index (χ2v) is 35.1. The van der Waals surface area contributed by atoms with Gasteiger partial charge in [0.25, 0.3) is 5.89 Å². The summed E-state index contributed by atoms with van der Waals surface area (Å²) in [4.78, 5) is 104. The van der Waals surface area contributed by atoms with Crippen LogP contribution in [0.1, 0.15) is 255 Å². The van der Waals surface area contributed by atoms with E-state index in [1.165, 1.54) is 37.9 Å². The number of hydrogen-bond donors (Lipinski definition) is 2. The maximum atomic E-state index is 12.5. The van der Waals surface area contributed by atoms with Crippen LogP contribution in [0.15, 0.2) is 151 Å². The molecule has 0 spiro atoms. The molecular formula is C98H112Br4N8O13. The molecule has 3 aliphatic heterocycles. The van der Waals surface area contributed by atoms with Crippen LogP contribution >= 0.6 is 63.7 Å². The van der Waals surface area contributed by atoms with Gasteiger partial charge in [0.2, 0.25) is 23.5 Å². The zero-order valence-corrected chi connectivity index (χ0v) is 77.7. The number of fused-ring (bicyclic) bond motifs is 12. The van der Waals surface area contributed by atoms with Crippen LogP contribution in [-0.4, -0.2) is 134 Å². The predicted molar refractivity (Wildman–Crippen MR) is 488 cm³/mol. The normalized spacial score (nSPS) is 19.3. The molecule has 3 amide bonds. The summed E-state index contributed by atoms with van der Waals surface area (Å²) in [6.45, 7) is 17.3. The topological polar surface area (TPSA) is 307 Å². The molecule has 6 aliphatic carbocycles. The monoisotopic (exact) mass is 1920 g/mol. The third-order valence-corrected chi connectivity index (χ3v) is 26.2. The number of amides is 3. The molecule has 9 aliphatic rings. The third-order valence-electron chi connectivity index (χ3n) is 23.6. The zero-order valence-electron chi connectivity index (χ0n) is 71.4. The second kappa shape index (κ2) is 47.1. The first kappa shape index (κ1) is 95.9. The van der Waals surface area contributed by atoms with Gasteiger partial charge in [0.1, 0.15) is 17.1 Å². The number of ketones is 3. The maximum absolute atomic E-state index is 12.5. The van der Waals surface area contributed by atoms with E-state index in [1.54, 1.807) is 36.9 Å². The molecule has 21 nitrogen and oxygen atoms in total. The summed E-state index contributed by atoms with van der Waals surface area (Å²) in [6, 6.07) is 47.9. The highest BCUT2D eigenvalue weighted by atomic mass is 79.9. The lowest BCUT2D eigenvalue weighted by Crippen LogP contribution is -2.33. The van der Waals surface area contributed by atoms with Crippen LogP contribution in [0.3, 0.4) is 0 Å². The second-order valence-electron chi connectivity index (χ2n) is 32.0. The molecule has 3 saturated heterocycles.